The zero-order valence-electron chi connectivity index (χ0n) is 10.2. The molecule has 1 heterocycles. The van der Waals surface area contributed by atoms with E-state index in [1.54, 1.807) is 11.8 Å². The van der Waals surface area contributed by atoms with Crippen LogP contribution in [0.15, 0.2) is 0 Å². The van der Waals surface area contributed by atoms with E-state index < -0.39 is 0 Å². The van der Waals surface area contributed by atoms with E-state index in [1.165, 1.54) is 0 Å². The molecule has 0 radical (unpaired) electrons. The maximum Gasteiger partial charge on any atom is 0.232 e. The summed E-state index contributed by atoms with van der Waals surface area (Å²) in [5.74, 6) is 0.888. The van der Waals surface area contributed by atoms with Crippen molar-refractivity contribution in [1.82, 2.24) is 10.2 Å². The maximum absolute atomic E-state index is 11.9. The van der Waals surface area contributed by atoms with Gasteiger partial charge in [0.2, 0.25) is 5.91 Å². The molecular formula is C11H22N2OS. The minimum Gasteiger partial charge on any atom is -0.339 e. The fourth-order valence-corrected chi connectivity index (χ4v) is 2.27. The van der Waals surface area contributed by atoms with Gasteiger partial charge in [-0.3, -0.25) is 4.79 Å². The number of amides is 1. The van der Waals surface area contributed by atoms with Crippen molar-refractivity contribution in [3.05, 3.63) is 0 Å². The van der Waals surface area contributed by atoms with Crippen molar-refractivity contribution in [2.75, 3.05) is 25.4 Å². The van der Waals surface area contributed by atoms with Crippen LogP contribution >= 0.6 is 11.8 Å². The second-order valence-electron chi connectivity index (χ2n) is 5.10. The first-order valence-corrected chi connectivity index (χ1v) is 6.52. The number of nitrogens with one attached hydrogen (secondary N) is 1. The molecule has 3 nitrogen and oxygen atoms in total. The molecule has 0 saturated carbocycles. The summed E-state index contributed by atoms with van der Waals surface area (Å²) in [6.45, 7) is 11.2. The topological polar surface area (TPSA) is 32.3 Å². The lowest BCUT2D eigenvalue weighted by atomic mass is 10.2. The Bertz CT molecular complexity index is 225. The molecule has 1 fully saturated rings. The summed E-state index contributed by atoms with van der Waals surface area (Å²) in [5.41, 5.74) is 0. The van der Waals surface area contributed by atoms with Gasteiger partial charge in [0.1, 0.15) is 0 Å². The van der Waals surface area contributed by atoms with Crippen LogP contribution in [0.4, 0.5) is 0 Å². The van der Waals surface area contributed by atoms with Gasteiger partial charge in [-0.05, 0) is 6.92 Å². The normalized spacial score (nSPS) is 22.9. The summed E-state index contributed by atoms with van der Waals surface area (Å²) in [6, 6.07) is 0.433. The molecule has 1 aliphatic heterocycles. The Kier molecular flexibility index (Phi) is 4.46. The van der Waals surface area contributed by atoms with E-state index in [-0.39, 0.29) is 10.7 Å². The highest BCUT2D eigenvalue weighted by Crippen LogP contribution is 2.23. The first-order chi connectivity index (χ1) is 6.88. The number of carbonyl (C=O) groups is 1. The minimum absolute atomic E-state index is 0.176. The molecule has 1 saturated heterocycles. The third kappa shape index (κ3) is 4.89. The fourth-order valence-electron chi connectivity index (χ4n) is 1.53. The van der Waals surface area contributed by atoms with Crippen LogP contribution < -0.4 is 5.32 Å². The van der Waals surface area contributed by atoms with E-state index in [0.29, 0.717) is 11.8 Å². The largest absolute Gasteiger partial charge is 0.339 e. The average molecular weight is 230 g/mol. The van der Waals surface area contributed by atoms with Gasteiger partial charge in [-0.25, -0.2) is 0 Å². The first kappa shape index (κ1) is 12.8. The molecule has 0 aliphatic carbocycles. The van der Waals surface area contributed by atoms with Crippen LogP contribution in [0.1, 0.15) is 27.7 Å². The molecule has 1 N–H and O–H groups in total. The summed E-state index contributed by atoms with van der Waals surface area (Å²) < 4.78 is 0.176. The van der Waals surface area contributed by atoms with Gasteiger partial charge >= 0.3 is 0 Å². The van der Waals surface area contributed by atoms with Crippen LogP contribution in [0.3, 0.4) is 0 Å². The number of thioether (sulfide) groups is 1. The Morgan fingerprint density at radius 2 is 2.20 bits per heavy atom. The van der Waals surface area contributed by atoms with E-state index >= 15 is 0 Å². The van der Waals surface area contributed by atoms with Crippen LogP contribution in [0.2, 0.25) is 0 Å². The van der Waals surface area contributed by atoms with Crippen LogP contribution in [-0.2, 0) is 4.79 Å². The fraction of sp³-hybridized carbons (Fsp3) is 0.909. The van der Waals surface area contributed by atoms with E-state index in [4.69, 9.17) is 0 Å². The Hall–Kier alpha value is -0.220. The maximum atomic E-state index is 11.9. The molecule has 0 aromatic carbocycles. The standard InChI is InChI=1S/C11H22N2OS/c1-9-7-13(6-5-12-9)10(14)8-15-11(2,3)4/h9,12H,5-8H2,1-4H3/t9-/m0/s1. The van der Waals surface area contributed by atoms with Gasteiger partial charge in [0, 0.05) is 30.4 Å². The zero-order valence-corrected chi connectivity index (χ0v) is 11.0. The quantitative estimate of drug-likeness (QED) is 0.777. The van der Waals surface area contributed by atoms with Gasteiger partial charge in [0.15, 0.2) is 0 Å². The molecule has 0 aromatic rings. The highest BCUT2D eigenvalue weighted by atomic mass is 32.2. The van der Waals surface area contributed by atoms with Crippen molar-refractivity contribution in [1.29, 1.82) is 0 Å². The first-order valence-electron chi connectivity index (χ1n) is 5.53. The second-order valence-corrected chi connectivity index (χ2v) is 6.90. The Balaban J connectivity index is 2.33. The second kappa shape index (κ2) is 5.21. The minimum atomic E-state index is 0.176. The van der Waals surface area contributed by atoms with Crippen LogP contribution in [0, 0.1) is 0 Å². The highest BCUT2D eigenvalue weighted by Gasteiger charge is 2.22. The molecule has 0 bridgehead atoms. The van der Waals surface area contributed by atoms with Gasteiger partial charge in [-0.1, -0.05) is 20.8 Å². The Morgan fingerprint density at radius 3 is 2.73 bits per heavy atom. The van der Waals surface area contributed by atoms with Gasteiger partial charge in [-0.2, -0.15) is 0 Å². The van der Waals surface area contributed by atoms with Gasteiger partial charge in [-0.15, -0.1) is 11.8 Å². The molecule has 1 aliphatic rings. The third-order valence-electron chi connectivity index (χ3n) is 2.35. The number of hydrogen-bond donors (Lipinski definition) is 1. The predicted molar refractivity (Wildman–Crippen MR) is 66.3 cm³/mol. The lowest BCUT2D eigenvalue weighted by Crippen LogP contribution is -2.51. The van der Waals surface area contributed by atoms with Gasteiger partial charge in [0.05, 0.1) is 5.75 Å². The third-order valence-corrected chi connectivity index (χ3v) is 3.61. The summed E-state index contributed by atoms with van der Waals surface area (Å²) in [5, 5.41) is 3.34. The highest BCUT2D eigenvalue weighted by molar-refractivity contribution is 8.01. The monoisotopic (exact) mass is 230 g/mol. The van der Waals surface area contributed by atoms with E-state index in [1.807, 2.05) is 4.90 Å². The molecule has 0 aromatic heterocycles. The molecule has 0 spiro atoms. The smallest absolute Gasteiger partial charge is 0.232 e. The van der Waals surface area contributed by atoms with Crippen molar-refractivity contribution >= 4 is 17.7 Å². The van der Waals surface area contributed by atoms with Gasteiger partial charge in [0.25, 0.3) is 0 Å². The number of nitrogens with zero attached hydrogens (tertiary/aromatic N) is 1. The van der Waals surface area contributed by atoms with E-state index in [0.717, 1.165) is 19.6 Å². The van der Waals surface area contributed by atoms with E-state index in [2.05, 4.69) is 33.0 Å². The van der Waals surface area contributed by atoms with Crippen molar-refractivity contribution in [2.24, 2.45) is 0 Å². The summed E-state index contributed by atoms with van der Waals surface area (Å²) in [4.78, 5) is 13.8. The van der Waals surface area contributed by atoms with Crippen molar-refractivity contribution in [2.45, 2.75) is 38.5 Å². The van der Waals surface area contributed by atoms with Crippen LogP contribution in [0.25, 0.3) is 0 Å². The number of rotatable bonds is 2. The summed E-state index contributed by atoms with van der Waals surface area (Å²) >= 11 is 1.72. The lowest BCUT2D eigenvalue weighted by Gasteiger charge is -2.32. The molecule has 1 atom stereocenters. The van der Waals surface area contributed by atoms with Crippen molar-refractivity contribution in [3.8, 4) is 0 Å². The molecule has 1 rings (SSSR count). The Labute approximate surface area is 97.0 Å². The molecular weight excluding hydrogens is 208 g/mol. The predicted octanol–water partition coefficient (Wildman–Crippen LogP) is 1.34. The SMILES string of the molecule is C[C@H]1CN(C(=O)CSC(C)(C)C)CCN1. The summed E-state index contributed by atoms with van der Waals surface area (Å²) in [6.07, 6.45) is 0. The van der Waals surface area contributed by atoms with Crippen molar-refractivity contribution in [3.63, 3.8) is 0 Å². The molecule has 4 heteroatoms. The average Bonchev–Trinajstić information content (AvgIpc) is 2.13. The zero-order chi connectivity index (χ0) is 11.5. The molecule has 0 unspecified atom stereocenters. The van der Waals surface area contributed by atoms with Crippen molar-refractivity contribution < 1.29 is 4.79 Å². The number of carbonyl (C=O) groups excluding carboxylic acids is 1. The molecule has 15 heavy (non-hydrogen) atoms. The number of hydrogen-bond acceptors (Lipinski definition) is 3. The van der Waals surface area contributed by atoms with Gasteiger partial charge < -0.3 is 10.2 Å². The van der Waals surface area contributed by atoms with E-state index in [9.17, 15) is 4.79 Å². The number of piperazine rings is 1. The summed E-state index contributed by atoms with van der Waals surface area (Å²) in [7, 11) is 0. The Morgan fingerprint density at radius 1 is 1.53 bits per heavy atom. The molecule has 1 amide bonds. The molecule has 88 valence electrons. The van der Waals surface area contributed by atoms with Crippen LogP contribution in [0.5, 0.6) is 0 Å². The lowest BCUT2D eigenvalue weighted by molar-refractivity contribution is -0.129. The van der Waals surface area contributed by atoms with Crippen LogP contribution in [-0.4, -0.2) is 47.0 Å².